The van der Waals surface area contributed by atoms with Crippen LogP contribution in [0.15, 0.2) is 42.5 Å². The van der Waals surface area contributed by atoms with Crippen molar-refractivity contribution in [2.45, 2.75) is 57.2 Å². The Kier molecular flexibility index (Phi) is 9.50. The Morgan fingerprint density at radius 2 is 1.69 bits per heavy atom. The van der Waals surface area contributed by atoms with E-state index in [9.17, 15) is 23.2 Å². The smallest absolute Gasteiger partial charge is 0.243 e. The monoisotopic (exact) mass is 542 g/mol. The third kappa shape index (κ3) is 7.75. The number of aryl methyl sites for hydroxylation is 1. The molecule has 0 radical (unpaired) electrons. The summed E-state index contributed by atoms with van der Waals surface area (Å²) in [5.74, 6) is -1.25. The number of hydrogen-bond donors (Lipinski definition) is 3. The van der Waals surface area contributed by atoms with Crippen molar-refractivity contribution in [1.29, 1.82) is 0 Å². The maximum atomic E-state index is 13.9. The highest BCUT2D eigenvalue weighted by molar-refractivity contribution is 5.93. The number of carbonyl (C=O) groups is 3. The van der Waals surface area contributed by atoms with Gasteiger partial charge in [-0.15, -0.1) is 0 Å². The molecule has 3 amide bonds. The number of fused-ring (bicyclic) bond motifs is 1. The Morgan fingerprint density at radius 3 is 2.41 bits per heavy atom. The first kappa shape index (κ1) is 28.5. The topological polar surface area (TPSA) is 99.8 Å². The maximum absolute atomic E-state index is 13.9. The van der Waals surface area contributed by atoms with Gasteiger partial charge >= 0.3 is 0 Å². The molecular formula is C29H36F2N4O4. The standard InChI is InChI=1S/C29H36F2N4O4/c1-18-27(36)34-24(16-19-5-10-22(30)11-6-19)28(37)33-13-3-4-20-9-12-23(31)17-25(20)39-15-14-32-26(21-7-8-21)29(38)35(18)2/h5-6,9-12,17-18,21,24,26,32H,3-4,7-8,13-16H2,1-2H3,(H,33,37)(H,34,36)/t18?,24-,26+/m1/s1. The lowest BCUT2D eigenvalue weighted by molar-refractivity contribution is -0.141. The van der Waals surface area contributed by atoms with Crippen molar-refractivity contribution in [3.63, 3.8) is 0 Å². The van der Waals surface area contributed by atoms with Gasteiger partial charge in [-0.2, -0.15) is 0 Å². The number of carbonyl (C=O) groups excluding carboxylic acids is 3. The van der Waals surface area contributed by atoms with Crippen LogP contribution in [0.5, 0.6) is 5.75 Å². The largest absolute Gasteiger partial charge is 0.492 e. The van der Waals surface area contributed by atoms with E-state index < -0.39 is 35.7 Å². The predicted molar refractivity (Wildman–Crippen MR) is 142 cm³/mol. The molecule has 1 aliphatic carbocycles. The second-order valence-electron chi connectivity index (χ2n) is 10.3. The molecule has 1 saturated carbocycles. The summed E-state index contributed by atoms with van der Waals surface area (Å²) in [6.45, 7) is 2.57. The molecule has 210 valence electrons. The molecule has 0 spiro atoms. The van der Waals surface area contributed by atoms with Gasteiger partial charge in [0.15, 0.2) is 0 Å². The highest BCUT2D eigenvalue weighted by atomic mass is 19.1. The molecule has 3 N–H and O–H groups in total. The van der Waals surface area contributed by atoms with Gasteiger partial charge in [-0.3, -0.25) is 14.4 Å². The summed E-state index contributed by atoms with van der Waals surface area (Å²) in [7, 11) is 1.58. The number of nitrogens with zero attached hydrogens (tertiary/aromatic N) is 1. The SMILES string of the molecule is CC1C(=O)N[C@H](Cc2ccc(F)cc2)C(=O)NCCCc2ccc(F)cc2OCCN[C@@H](C2CC2)C(=O)N1C. The van der Waals surface area contributed by atoms with Gasteiger partial charge in [0.25, 0.3) is 0 Å². The van der Waals surface area contributed by atoms with Crippen molar-refractivity contribution in [3.05, 3.63) is 65.2 Å². The summed E-state index contributed by atoms with van der Waals surface area (Å²) in [5.41, 5.74) is 1.49. The predicted octanol–water partition coefficient (Wildman–Crippen LogP) is 2.35. The Morgan fingerprint density at radius 1 is 0.974 bits per heavy atom. The van der Waals surface area contributed by atoms with Crippen molar-refractivity contribution in [1.82, 2.24) is 20.9 Å². The van der Waals surface area contributed by atoms with E-state index in [1.165, 1.54) is 29.2 Å². The summed E-state index contributed by atoms with van der Waals surface area (Å²) in [6.07, 6.45) is 3.09. The van der Waals surface area contributed by atoms with Crippen molar-refractivity contribution in [2.75, 3.05) is 26.7 Å². The maximum Gasteiger partial charge on any atom is 0.243 e. The van der Waals surface area contributed by atoms with Gasteiger partial charge in [0.1, 0.15) is 36.1 Å². The lowest BCUT2D eigenvalue weighted by atomic mass is 10.0. The van der Waals surface area contributed by atoms with Crippen molar-refractivity contribution >= 4 is 17.7 Å². The number of amides is 3. The van der Waals surface area contributed by atoms with Gasteiger partial charge in [-0.25, -0.2) is 8.78 Å². The van der Waals surface area contributed by atoms with E-state index in [4.69, 9.17) is 4.74 Å². The first-order chi connectivity index (χ1) is 18.7. The Labute approximate surface area is 227 Å². The second kappa shape index (κ2) is 13.0. The molecule has 1 heterocycles. The third-order valence-corrected chi connectivity index (χ3v) is 7.33. The minimum Gasteiger partial charge on any atom is -0.492 e. The third-order valence-electron chi connectivity index (χ3n) is 7.33. The zero-order chi connectivity index (χ0) is 27.9. The molecule has 2 aliphatic rings. The summed E-state index contributed by atoms with van der Waals surface area (Å²) in [5, 5.41) is 8.92. The fourth-order valence-corrected chi connectivity index (χ4v) is 4.69. The lowest BCUT2D eigenvalue weighted by Crippen LogP contribution is -2.56. The molecule has 1 aliphatic heterocycles. The van der Waals surface area contributed by atoms with E-state index in [0.29, 0.717) is 37.2 Å². The molecule has 0 bridgehead atoms. The van der Waals surface area contributed by atoms with Crippen LogP contribution in [0.4, 0.5) is 8.78 Å². The molecule has 8 nitrogen and oxygen atoms in total. The molecular weight excluding hydrogens is 506 g/mol. The molecule has 2 aromatic carbocycles. The van der Waals surface area contributed by atoms with E-state index in [-0.39, 0.29) is 30.8 Å². The van der Waals surface area contributed by atoms with Crippen LogP contribution >= 0.6 is 0 Å². The molecule has 10 heteroatoms. The first-order valence-electron chi connectivity index (χ1n) is 13.5. The van der Waals surface area contributed by atoms with Crippen LogP contribution in [-0.2, 0) is 27.2 Å². The first-order valence-corrected chi connectivity index (χ1v) is 13.5. The fraction of sp³-hybridized carbons (Fsp3) is 0.483. The lowest BCUT2D eigenvalue weighted by Gasteiger charge is -2.30. The number of halogens is 2. The van der Waals surface area contributed by atoms with E-state index in [1.54, 1.807) is 32.2 Å². The van der Waals surface area contributed by atoms with E-state index >= 15 is 0 Å². The quantitative estimate of drug-likeness (QED) is 0.553. The summed E-state index contributed by atoms with van der Waals surface area (Å²) in [4.78, 5) is 41.1. The Bertz CT molecular complexity index is 1170. The zero-order valence-corrected chi connectivity index (χ0v) is 22.3. The number of likely N-dealkylation sites (N-methyl/N-ethyl adjacent to an activating group) is 1. The second-order valence-corrected chi connectivity index (χ2v) is 10.3. The average Bonchev–Trinajstić information content (AvgIpc) is 3.76. The fourth-order valence-electron chi connectivity index (χ4n) is 4.69. The molecule has 1 unspecified atom stereocenters. The van der Waals surface area contributed by atoms with Crippen molar-refractivity contribution in [3.8, 4) is 5.75 Å². The van der Waals surface area contributed by atoms with Gasteiger partial charge in [-0.1, -0.05) is 18.2 Å². The van der Waals surface area contributed by atoms with Crippen molar-refractivity contribution < 1.29 is 27.9 Å². The minimum absolute atomic E-state index is 0.157. The Balaban J connectivity index is 1.55. The van der Waals surface area contributed by atoms with E-state index in [1.807, 2.05) is 0 Å². The Hall–Kier alpha value is -3.53. The van der Waals surface area contributed by atoms with Crippen LogP contribution in [0.25, 0.3) is 0 Å². The van der Waals surface area contributed by atoms with Crippen molar-refractivity contribution in [2.24, 2.45) is 5.92 Å². The molecule has 39 heavy (non-hydrogen) atoms. The molecule has 2 aromatic rings. The zero-order valence-electron chi connectivity index (χ0n) is 22.3. The van der Waals surface area contributed by atoms with Gasteiger partial charge in [-0.05, 0) is 67.9 Å². The van der Waals surface area contributed by atoms with E-state index in [2.05, 4.69) is 16.0 Å². The van der Waals surface area contributed by atoms with E-state index in [0.717, 1.165) is 18.4 Å². The molecule has 4 rings (SSSR count). The average molecular weight is 543 g/mol. The normalized spacial score (nSPS) is 24.1. The number of hydrogen-bond acceptors (Lipinski definition) is 5. The van der Waals surface area contributed by atoms with Crippen LogP contribution in [0.3, 0.4) is 0 Å². The number of nitrogens with one attached hydrogen (secondary N) is 3. The van der Waals surface area contributed by atoms with Crippen LogP contribution < -0.4 is 20.7 Å². The van der Waals surface area contributed by atoms with Crippen LogP contribution in [-0.4, -0.2) is 67.5 Å². The molecule has 3 atom stereocenters. The van der Waals surface area contributed by atoms with Crippen LogP contribution in [0, 0.1) is 17.6 Å². The van der Waals surface area contributed by atoms with Crippen LogP contribution in [0.1, 0.15) is 37.3 Å². The number of benzene rings is 2. The number of ether oxygens (including phenoxy) is 1. The summed E-state index contributed by atoms with van der Waals surface area (Å²) in [6, 6.07) is 7.92. The molecule has 0 saturated heterocycles. The van der Waals surface area contributed by atoms with Gasteiger partial charge in [0.05, 0.1) is 6.04 Å². The van der Waals surface area contributed by atoms with Crippen LogP contribution in [0.2, 0.25) is 0 Å². The highest BCUT2D eigenvalue weighted by Crippen LogP contribution is 2.33. The van der Waals surface area contributed by atoms with Gasteiger partial charge < -0.3 is 25.6 Å². The highest BCUT2D eigenvalue weighted by Gasteiger charge is 2.39. The van der Waals surface area contributed by atoms with Gasteiger partial charge in [0, 0.05) is 32.6 Å². The molecule has 0 aromatic heterocycles. The number of rotatable bonds is 3. The summed E-state index contributed by atoms with van der Waals surface area (Å²) < 4.78 is 33.2. The molecule has 1 fully saturated rings. The minimum atomic E-state index is -0.921. The van der Waals surface area contributed by atoms with Gasteiger partial charge in [0.2, 0.25) is 17.7 Å². The summed E-state index contributed by atoms with van der Waals surface area (Å²) >= 11 is 0.